The molecule has 1 aliphatic heterocycles. The Kier molecular flexibility index (Phi) is 15.8. The van der Waals surface area contributed by atoms with Crippen LogP contribution in [0.25, 0.3) is 11.1 Å². The molecule has 0 radical (unpaired) electrons. The normalized spacial score (nSPS) is 14.1. The van der Waals surface area contributed by atoms with Gasteiger partial charge in [-0.15, -0.1) is 0 Å². The largest absolute Gasteiger partial charge is 0.481 e. The van der Waals surface area contributed by atoms with Crippen LogP contribution in [-0.2, 0) is 16.1 Å². The van der Waals surface area contributed by atoms with Gasteiger partial charge in [0.05, 0.1) is 6.42 Å². The molecule has 0 spiro atoms. The summed E-state index contributed by atoms with van der Waals surface area (Å²) < 4.78 is 29.6. The number of benzene rings is 2. The minimum Gasteiger partial charge on any atom is -0.481 e. The van der Waals surface area contributed by atoms with E-state index in [1.165, 1.54) is 4.57 Å². The van der Waals surface area contributed by atoms with Crippen LogP contribution < -0.4 is 16.2 Å². The van der Waals surface area contributed by atoms with Crippen LogP contribution >= 0.6 is 11.6 Å². The van der Waals surface area contributed by atoms with E-state index in [0.717, 1.165) is 28.7 Å². The molecule has 2 heterocycles. The number of halogens is 3. The summed E-state index contributed by atoms with van der Waals surface area (Å²) >= 11 is 6.09. The van der Waals surface area contributed by atoms with Crippen molar-refractivity contribution in [1.29, 1.82) is 0 Å². The highest BCUT2D eigenvalue weighted by Crippen LogP contribution is 2.34. The second-order valence-corrected chi connectivity index (χ2v) is 13.5. The van der Waals surface area contributed by atoms with Gasteiger partial charge in [-0.25, -0.2) is 8.78 Å². The number of hydrogen-bond acceptors (Lipinski definition) is 6. The minimum atomic E-state index is -1.11. The number of pyridine rings is 1. The number of carboxylic acids is 1. The standard InChI is InChI=1S/C19H21ClFNO2.C17H26FN3O2.CH2O/c1-10-6-14(20)7-11(2)18(10)13-5-12(3)19(21)15(8-13)16(22-4)9-17(23)24;1-13(2)6-7-19-15(22)14-5-4-8-21(16(14)23)10-9-20-11-17(3,18)12-20;1-2/h5-8,16,22H,9H2,1-4H3,(H,23,24);4-5,8,13H,6-7,9-12H2,1-3H3,(H,19,22);1H2/t16-;;/m0../s1. The second kappa shape index (κ2) is 18.7. The van der Waals surface area contributed by atoms with E-state index in [-0.39, 0.29) is 29.3 Å². The molecule has 1 aromatic heterocycles. The fourth-order valence-corrected chi connectivity index (χ4v) is 6.18. The Hall–Kier alpha value is -3.93. The SMILES string of the molecule is C=O.CC(C)CCNC(=O)c1cccn(CCN2CC(C)(F)C2)c1=O.CN[C@@H](CC(=O)O)c1cc(-c2c(C)cc(Cl)cc2C)cc(C)c1F. The van der Waals surface area contributed by atoms with Crippen molar-refractivity contribution in [3.05, 3.63) is 91.6 Å². The van der Waals surface area contributed by atoms with Gasteiger partial charge in [0.1, 0.15) is 23.8 Å². The Balaban J connectivity index is 0.000000324. The molecule has 1 amide bonds. The van der Waals surface area contributed by atoms with Gasteiger partial charge in [-0.1, -0.05) is 25.4 Å². The van der Waals surface area contributed by atoms with Crippen molar-refractivity contribution in [3.8, 4) is 11.1 Å². The number of aliphatic carboxylic acids is 1. The topological polar surface area (TPSA) is 121 Å². The number of carboxylic acid groups (broad SMARTS) is 1. The molecule has 9 nitrogen and oxygen atoms in total. The van der Waals surface area contributed by atoms with Crippen LogP contribution in [0.1, 0.15) is 72.3 Å². The lowest BCUT2D eigenvalue weighted by Gasteiger charge is -2.42. The molecule has 3 N–H and O–H groups in total. The number of likely N-dealkylation sites (tertiary alicyclic amines) is 1. The molecule has 12 heteroatoms. The average Bonchev–Trinajstić information content (AvgIpc) is 3.00. The summed E-state index contributed by atoms with van der Waals surface area (Å²) in [5.74, 6) is -1.18. The lowest BCUT2D eigenvalue weighted by atomic mass is 9.90. The summed E-state index contributed by atoms with van der Waals surface area (Å²) in [6.07, 6.45) is 2.36. The zero-order valence-corrected chi connectivity index (χ0v) is 30.2. The van der Waals surface area contributed by atoms with Gasteiger partial charge < -0.3 is 25.1 Å². The first-order chi connectivity index (χ1) is 23.0. The van der Waals surface area contributed by atoms with Crippen molar-refractivity contribution in [2.24, 2.45) is 5.92 Å². The molecule has 1 atom stereocenters. The summed E-state index contributed by atoms with van der Waals surface area (Å²) in [4.78, 5) is 45.5. The summed E-state index contributed by atoms with van der Waals surface area (Å²) in [6.45, 7) is 15.8. The number of amides is 1. The molecule has 0 saturated carbocycles. The molecular weight excluding hydrogens is 654 g/mol. The van der Waals surface area contributed by atoms with Gasteiger partial charge in [0.25, 0.3) is 11.5 Å². The molecule has 49 heavy (non-hydrogen) atoms. The van der Waals surface area contributed by atoms with Gasteiger partial charge >= 0.3 is 5.97 Å². The third-order valence-corrected chi connectivity index (χ3v) is 8.43. The van der Waals surface area contributed by atoms with Gasteiger partial charge in [0, 0.05) is 55.5 Å². The van der Waals surface area contributed by atoms with Crippen LogP contribution in [0, 0.1) is 32.5 Å². The first-order valence-corrected chi connectivity index (χ1v) is 16.5. The van der Waals surface area contributed by atoms with Crippen molar-refractivity contribution in [3.63, 3.8) is 0 Å². The number of nitrogens with zero attached hydrogens (tertiary/aromatic N) is 2. The maximum atomic E-state index is 14.6. The number of rotatable bonds is 12. The molecule has 1 aliphatic rings. The Morgan fingerprint density at radius 2 is 1.67 bits per heavy atom. The molecule has 1 fully saturated rings. The smallest absolute Gasteiger partial charge is 0.305 e. The fourth-order valence-electron chi connectivity index (χ4n) is 5.85. The van der Waals surface area contributed by atoms with E-state index < -0.39 is 17.7 Å². The van der Waals surface area contributed by atoms with Crippen LogP contribution in [0.15, 0.2) is 47.4 Å². The summed E-state index contributed by atoms with van der Waals surface area (Å²) in [5.41, 5.74) is 3.46. The monoisotopic (exact) mass is 702 g/mol. The first kappa shape index (κ1) is 41.2. The molecular formula is C37H49ClF2N4O5. The molecule has 3 aromatic rings. The second-order valence-electron chi connectivity index (χ2n) is 13.0. The Bertz CT molecular complexity index is 1630. The molecule has 2 aromatic carbocycles. The summed E-state index contributed by atoms with van der Waals surface area (Å²) in [5, 5.41) is 15.4. The quantitative estimate of drug-likeness (QED) is 0.203. The predicted octanol–water partition coefficient (Wildman–Crippen LogP) is 6.29. The molecule has 4 rings (SSSR count). The van der Waals surface area contributed by atoms with E-state index in [1.807, 2.05) is 37.7 Å². The van der Waals surface area contributed by atoms with E-state index in [0.29, 0.717) is 54.8 Å². The van der Waals surface area contributed by atoms with Crippen LogP contribution in [-0.4, -0.2) is 72.1 Å². The minimum absolute atomic E-state index is 0.162. The Morgan fingerprint density at radius 1 is 1.06 bits per heavy atom. The zero-order chi connectivity index (χ0) is 37.1. The summed E-state index contributed by atoms with van der Waals surface area (Å²) in [6, 6.07) is 9.92. The van der Waals surface area contributed by atoms with E-state index in [4.69, 9.17) is 21.5 Å². The zero-order valence-electron chi connectivity index (χ0n) is 29.5. The van der Waals surface area contributed by atoms with Crippen molar-refractivity contribution >= 4 is 30.3 Å². The van der Waals surface area contributed by atoms with E-state index >= 15 is 0 Å². The van der Waals surface area contributed by atoms with Crippen LogP contribution in [0.4, 0.5) is 8.78 Å². The van der Waals surface area contributed by atoms with Crippen molar-refractivity contribution in [2.45, 2.75) is 72.6 Å². The third-order valence-electron chi connectivity index (χ3n) is 8.21. The fraction of sp³-hybridized carbons (Fsp3) is 0.459. The van der Waals surface area contributed by atoms with Crippen LogP contribution in [0.5, 0.6) is 0 Å². The number of carbonyl (C=O) groups excluding carboxylic acids is 2. The first-order valence-electron chi connectivity index (χ1n) is 16.2. The highest BCUT2D eigenvalue weighted by atomic mass is 35.5. The van der Waals surface area contributed by atoms with E-state index in [1.54, 1.807) is 51.4 Å². The van der Waals surface area contributed by atoms with Gasteiger partial charge in [-0.3, -0.25) is 19.3 Å². The van der Waals surface area contributed by atoms with Gasteiger partial charge in [0.15, 0.2) is 0 Å². The number of hydrogen-bond donors (Lipinski definition) is 3. The lowest BCUT2D eigenvalue weighted by Crippen LogP contribution is -2.57. The lowest BCUT2D eigenvalue weighted by molar-refractivity contribution is -0.137. The maximum Gasteiger partial charge on any atom is 0.305 e. The van der Waals surface area contributed by atoms with Crippen LogP contribution in [0.3, 0.4) is 0 Å². The number of carbonyl (C=O) groups is 3. The summed E-state index contributed by atoms with van der Waals surface area (Å²) in [7, 11) is 1.63. The van der Waals surface area contributed by atoms with Gasteiger partial charge in [-0.2, -0.15) is 0 Å². The molecule has 0 aliphatic carbocycles. The molecule has 1 saturated heterocycles. The maximum absolute atomic E-state index is 14.6. The van der Waals surface area contributed by atoms with Crippen molar-refractivity contribution in [1.82, 2.24) is 20.1 Å². The molecule has 0 unspecified atom stereocenters. The number of alkyl halides is 1. The number of aromatic nitrogens is 1. The molecule has 268 valence electrons. The van der Waals surface area contributed by atoms with Gasteiger partial charge in [0.2, 0.25) is 0 Å². The predicted molar refractivity (Wildman–Crippen MR) is 191 cm³/mol. The van der Waals surface area contributed by atoms with Crippen molar-refractivity contribution < 1.29 is 28.3 Å². The van der Waals surface area contributed by atoms with Crippen LogP contribution in [0.2, 0.25) is 5.02 Å². The Labute approximate surface area is 292 Å². The number of nitrogens with one attached hydrogen (secondary N) is 2. The van der Waals surface area contributed by atoms with Crippen molar-refractivity contribution in [2.75, 3.05) is 33.2 Å². The highest BCUT2D eigenvalue weighted by Gasteiger charge is 2.38. The third kappa shape index (κ3) is 11.9. The van der Waals surface area contributed by atoms with E-state index in [2.05, 4.69) is 24.5 Å². The van der Waals surface area contributed by atoms with Gasteiger partial charge in [-0.05, 0) is 111 Å². The Morgan fingerprint density at radius 3 is 2.20 bits per heavy atom. The number of aryl methyl sites for hydroxylation is 3. The average molecular weight is 703 g/mol. The highest BCUT2D eigenvalue weighted by molar-refractivity contribution is 6.30. The molecule has 0 bridgehead atoms. The van der Waals surface area contributed by atoms with E-state index in [9.17, 15) is 23.2 Å².